The topological polar surface area (TPSA) is 69.7 Å². The first-order valence-corrected chi connectivity index (χ1v) is 11.0. The maximum absolute atomic E-state index is 12.4. The van der Waals surface area contributed by atoms with E-state index in [1.165, 1.54) is 4.31 Å². The van der Waals surface area contributed by atoms with Gasteiger partial charge >= 0.3 is 0 Å². The van der Waals surface area contributed by atoms with Crippen molar-refractivity contribution in [2.75, 3.05) is 43.8 Å². The molecule has 26 heavy (non-hydrogen) atoms. The van der Waals surface area contributed by atoms with Crippen LogP contribution in [0.4, 0.5) is 5.69 Å². The minimum atomic E-state index is -3.54. The second-order valence-electron chi connectivity index (χ2n) is 7.40. The lowest BCUT2D eigenvalue weighted by molar-refractivity contribution is -0.119. The highest BCUT2D eigenvalue weighted by Crippen LogP contribution is 2.26. The van der Waals surface area contributed by atoms with Crippen LogP contribution >= 0.6 is 0 Å². The molecule has 0 bridgehead atoms. The monoisotopic (exact) mass is 381 g/mol. The van der Waals surface area contributed by atoms with E-state index in [0.29, 0.717) is 18.2 Å². The van der Waals surface area contributed by atoms with E-state index in [2.05, 4.69) is 17.3 Å². The van der Waals surface area contributed by atoms with Gasteiger partial charge in [0, 0.05) is 6.54 Å². The zero-order valence-corrected chi connectivity index (χ0v) is 17.1. The maximum atomic E-state index is 12.4. The second-order valence-corrected chi connectivity index (χ2v) is 9.30. The number of anilines is 1. The average Bonchev–Trinajstić information content (AvgIpc) is 2.54. The van der Waals surface area contributed by atoms with Gasteiger partial charge in [0.2, 0.25) is 15.9 Å². The summed E-state index contributed by atoms with van der Waals surface area (Å²) in [7, 11) is -1.41. The normalized spacial score (nSPS) is 16.5. The Hall–Kier alpha value is -1.60. The molecule has 0 spiro atoms. The summed E-state index contributed by atoms with van der Waals surface area (Å²) in [6, 6.07) is 5.60. The Morgan fingerprint density at radius 1 is 1.23 bits per heavy atom. The van der Waals surface area contributed by atoms with Crippen LogP contribution in [0.5, 0.6) is 0 Å². The summed E-state index contributed by atoms with van der Waals surface area (Å²) < 4.78 is 25.7. The van der Waals surface area contributed by atoms with E-state index in [0.717, 1.165) is 49.7 Å². The lowest BCUT2D eigenvalue weighted by atomic mass is 9.94. The summed E-state index contributed by atoms with van der Waals surface area (Å²) in [4.78, 5) is 14.7. The van der Waals surface area contributed by atoms with Gasteiger partial charge in [-0.3, -0.25) is 9.10 Å². The fraction of sp³-hybridized carbons (Fsp3) is 0.632. The van der Waals surface area contributed by atoms with Crippen LogP contribution in [0.2, 0.25) is 0 Å². The van der Waals surface area contributed by atoms with Crippen molar-refractivity contribution in [1.29, 1.82) is 0 Å². The fourth-order valence-electron chi connectivity index (χ4n) is 3.51. The molecule has 0 unspecified atom stereocenters. The van der Waals surface area contributed by atoms with Crippen LogP contribution < -0.4 is 9.62 Å². The summed E-state index contributed by atoms with van der Waals surface area (Å²) in [5.41, 5.74) is 2.28. The standard InChI is InChI=1S/C19H31N3O3S/c1-15-6-5-7-16(2)19(15)22(26(4,24)25)14-18(23)20-11-8-17-9-12-21(3)13-10-17/h5-7,17H,8-14H2,1-4H3,(H,20,23). The molecule has 0 radical (unpaired) electrons. The van der Waals surface area contributed by atoms with Crippen LogP contribution in [0, 0.1) is 19.8 Å². The van der Waals surface area contributed by atoms with Gasteiger partial charge in [0.15, 0.2) is 0 Å². The van der Waals surface area contributed by atoms with Crippen LogP contribution in [-0.4, -0.2) is 58.7 Å². The molecule has 1 fully saturated rings. The van der Waals surface area contributed by atoms with Crippen molar-refractivity contribution >= 4 is 21.6 Å². The molecule has 0 atom stereocenters. The van der Waals surface area contributed by atoms with Crippen molar-refractivity contribution in [2.45, 2.75) is 33.1 Å². The van der Waals surface area contributed by atoms with Crippen LogP contribution in [0.1, 0.15) is 30.4 Å². The molecule has 1 aliphatic heterocycles. The molecule has 0 aliphatic carbocycles. The van der Waals surface area contributed by atoms with E-state index in [9.17, 15) is 13.2 Å². The Morgan fingerprint density at radius 3 is 2.35 bits per heavy atom. The summed E-state index contributed by atoms with van der Waals surface area (Å²) in [5.74, 6) is 0.377. The number of aryl methyl sites for hydroxylation is 2. The number of carbonyl (C=O) groups is 1. The van der Waals surface area contributed by atoms with Crippen LogP contribution in [0.15, 0.2) is 18.2 Å². The molecule has 1 aliphatic rings. The number of sulfonamides is 1. The van der Waals surface area contributed by atoms with Gasteiger partial charge in [0.1, 0.15) is 6.54 Å². The first-order valence-electron chi connectivity index (χ1n) is 9.17. The van der Waals surface area contributed by atoms with Gasteiger partial charge in [-0.05, 0) is 70.3 Å². The molecule has 2 rings (SSSR count). The highest BCUT2D eigenvalue weighted by Gasteiger charge is 2.24. The second kappa shape index (κ2) is 8.86. The molecule has 0 aromatic heterocycles. The van der Waals surface area contributed by atoms with Gasteiger partial charge in [-0.1, -0.05) is 18.2 Å². The van der Waals surface area contributed by atoms with Crippen molar-refractivity contribution in [2.24, 2.45) is 5.92 Å². The van der Waals surface area contributed by atoms with E-state index in [1.807, 2.05) is 32.0 Å². The van der Waals surface area contributed by atoms with E-state index in [1.54, 1.807) is 0 Å². The quantitative estimate of drug-likeness (QED) is 0.783. The largest absolute Gasteiger partial charge is 0.355 e. The highest BCUT2D eigenvalue weighted by molar-refractivity contribution is 7.92. The molecule has 1 aromatic rings. The number of amides is 1. The smallest absolute Gasteiger partial charge is 0.240 e. The number of hydrogen-bond donors (Lipinski definition) is 1. The number of piperidine rings is 1. The lowest BCUT2D eigenvalue weighted by Gasteiger charge is -2.29. The first kappa shape index (κ1) is 20.7. The molecule has 0 saturated carbocycles. The summed E-state index contributed by atoms with van der Waals surface area (Å²) in [6.07, 6.45) is 4.40. The number of nitrogens with one attached hydrogen (secondary N) is 1. The zero-order chi connectivity index (χ0) is 19.3. The van der Waals surface area contributed by atoms with Gasteiger partial charge in [-0.15, -0.1) is 0 Å². The Morgan fingerprint density at radius 2 is 1.81 bits per heavy atom. The molecule has 1 saturated heterocycles. The van der Waals surface area contributed by atoms with Gasteiger partial charge in [0.25, 0.3) is 0 Å². The fourth-order valence-corrected chi connectivity index (χ4v) is 4.49. The maximum Gasteiger partial charge on any atom is 0.240 e. The number of hydrogen-bond acceptors (Lipinski definition) is 4. The average molecular weight is 382 g/mol. The number of likely N-dealkylation sites (tertiary alicyclic amines) is 1. The van der Waals surface area contributed by atoms with Crippen molar-refractivity contribution < 1.29 is 13.2 Å². The number of para-hydroxylation sites is 1. The minimum absolute atomic E-state index is 0.183. The third kappa shape index (κ3) is 5.71. The van der Waals surface area contributed by atoms with Crippen molar-refractivity contribution in [1.82, 2.24) is 10.2 Å². The van der Waals surface area contributed by atoms with Gasteiger partial charge in [-0.25, -0.2) is 8.42 Å². The predicted molar refractivity (Wildman–Crippen MR) is 106 cm³/mol. The highest BCUT2D eigenvalue weighted by atomic mass is 32.2. The molecule has 1 aromatic carbocycles. The minimum Gasteiger partial charge on any atom is -0.355 e. The number of benzene rings is 1. The van der Waals surface area contributed by atoms with E-state index < -0.39 is 10.0 Å². The molecular formula is C19H31N3O3S. The zero-order valence-electron chi connectivity index (χ0n) is 16.3. The summed E-state index contributed by atoms with van der Waals surface area (Å²) >= 11 is 0. The van der Waals surface area contributed by atoms with Crippen molar-refractivity contribution in [3.63, 3.8) is 0 Å². The third-order valence-electron chi connectivity index (χ3n) is 5.09. The predicted octanol–water partition coefficient (Wildman–Crippen LogP) is 1.92. The number of nitrogens with zero attached hydrogens (tertiary/aromatic N) is 2. The molecule has 146 valence electrons. The molecule has 1 N–H and O–H groups in total. The van der Waals surface area contributed by atoms with E-state index >= 15 is 0 Å². The van der Waals surface area contributed by atoms with Crippen molar-refractivity contribution in [3.8, 4) is 0 Å². The van der Waals surface area contributed by atoms with Gasteiger partial charge in [0.05, 0.1) is 11.9 Å². The summed E-state index contributed by atoms with van der Waals surface area (Å²) in [6.45, 7) is 6.34. The molecular weight excluding hydrogens is 350 g/mol. The van der Waals surface area contributed by atoms with Crippen LogP contribution in [0.25, 0.3) is 0 Å². The Balaban J connectivity index is 1.95. The summed E-state index contributed by atoms with van der Waals surface area (Å²) in [5, 5.41) is 2.89. The Labute approximate surface area is 157 Å². The third-order valence-corrected chi connectivity index (χ3v) is 6.20. The van der Waals surface area contributed by atoms with Gasteiger partial charge in [-0.2, -0.15) is 0 Å². The molecule has 1 amide bonds. The molecule has 7 heteroatoms. The van der Waals surface area contributed by atoms with E-state index in [-0.39, 0.29) is 12.5 Å². The van der Waals surface area contributed by atoms with Crippen LogP contribution in [0.3, 0.4) is 0 Å². The van der Waals surface area contributed by atoms with Gasteiger partial charge < -0.3 is 10.2 Å². The molecule has 6 nitrogen and oxygen atoms in total. The van der Waals surface area contributed by atoms with Crippen LogP contribution in [-0.2, 0) is 14.8 Å². The first-order chi connectivity index (χ1) is 12.2. The lowest BCUT2D eigenvalue weighted by Crippen LogP contribution is -2.41. The van der Waals surface area contributed by atoms with E-state index in [4.69, 9.17) is 0 Å². The molecule has 1 heterocycles. The Bertz CT molecular complexity index is 705. The number of rotatable bonds is 7. The SMILES string of the molecule is Cc1cccc(C)c1N(CC(=O)NCCC1CCN(C)CC1)S(C)(=O)=O. The number of carbonyl (C=O) groups excluding carboxylic acids is 1. The Kier molecular flexibility index (Phi) is 7.06. The van der Waals surface area contributed by atoms with Crippen molar-refractivity contribution in [3.05, 3.63) is 29.3 Å².